The molecular weight excluding hydrogens is 320 g/mol. The van der Waals surface area contributed by atoms with Crippen LogP contribution in [-0.4, -0.2) is 72.7 Å². The zero-order valence-electron chi connectivity index (χ0n) is 14.4. The first kappa shape index (κ1) is 17.5. The number of piperazine rings is 1. The maximum atomic E-state index is 12.5. The van der Waals surface area contributed by atoms with Gasteiger partial charge in [-0.15, -0.1) is 0 Å². The van der Waals surface area contributed by atoms with Gasteiger partial charge in [-0.1, -0.05) is 12.1 Å². The molecule has 0 spiro atoms. The van der Waals surface area contributed by atoms with E-state index in [1.807, 2.05) is 0 Å². The second-order valence-corrected chi connectivity index (χ2v) is 6.69. The molecule has 1 aromatic rings. The molecule has 0 aromatic heterocycles. The average molecular weight is 346 g/mol. The predicted octanol–water partition coefficient (Wildman–Crippen LogP) is 0.859. The lowest BCUT2D eigenvalue weighted by Crippen LogP contribution is -2.54. The van der Waals surface area contributed by atoms with Gasteiger partial charge in [-0.05, 0) is 44.0 Å². The number of nitrogens with zero attached hydrogens (tertiary/aromatic N) is 2. The minimum Gasteiger partial charge on any atom is -0.507 e. The highest BCUT2D eigenvalue weighted by molar-refractivity contribution is 5.96. The minimum absolute atomic E-state index is 0.00577. The molecule has 3 N–H and O–H groups in total. The number of nitrogens with one attached hydrogen (secondary N) is 2. The highest BCUT2D eigenvalue weighted by atomic mass is 16.3. The third-order valence-electron chi connectivity index (χ3n) is 4.93. The molecule has 3 rings (SSSR count). The Morgan fingerprint density at radius 1 is 1.16 bits per heavy atom. The maximum Gasteiger partial charge on any atom is 0.317 e. The molecule has 2 heterocycles. The minimum atomic E-state index is -0.188. The zero-order valence-corrected chi connectivity index (χ0v) is 14.4. The van der Waals surface area contributed by atoms with Gasteiger partial charge in [-0.25, -0.2) is 4.79 Å². The van der Waals surface area contributed by atoms with Gasteiger partial charge < -0.3 is 25.5 Å². The van der Waals surface area contributed by atoms with Crippen molar-refractivity contribution in [2.75, 3.05) is 45.8 Å². The number of aromatic hydroxyl groups is 1. The number of piperidine rings is 1. The topological polar surface area (TPSA) is 84.9 Å². The second-order valence-electron chi connectivity index (χ2n) is 6.69. The van der Waals surface area contributed by atoms with E-state index in [0.717, 1.165) is 25.9 Å². The smallest absolute Gasteiger partial charge is 0.317 e. The molecule has 7 heteroatoms. The maximum absolute atomic E-state index is 12.5. The number of amides is 3. The van der Waals surface area contributed by atoms with Gasteiger partial charge in [0.25, 0.3) is 5.91 Å². The molecule has 136 valence electrons. The van der Waals surface area contributed by atoms with E-state index in [9.17, 15) is 14.7 Å². The van der Waals surface area contributed by atoms with Crippen LogP contribution in [0.15, 0.2) is 24.3 Å². The van der Waals surface area contributed by atoms with Crippen LogP contribution in [0.1, 0.15) is 23.2 Å². The molecule has 25 heavy (non-hydrogen) atoms. The van der Waals surface area contributed by atoms with E-state index in [4.69, 9.17) is 0 Å². The summed E-state index contributed by atoms with van der Waals surface area (Å²) < 4.78 is 0. The summed E-state index contributed by atoms with van der Waals surface area (Å²) in [5, 5.41) is 16.2. The predicted molar refractivity (Wildman–Crippen MR) is 94.6 cm³/mol. The standard InChI is InChI=1S/C18H26N4O3/c23-16-6-2-1-5-15(16)17(24)21-8-10-22(11-9-21)18(25)20-13-14-4-3-7-19-12-14/h1-2,5-6,14,19,23H,3-4,7-13H2,(H,20,25). The molecule has 2 fully saturated rings. The quantitative estimate of drug-likeness (QED) is 0.758. The normalized spacial score (nSPS) is 21.0. The van der Waals surface area contributed by atoms with Crippen LogP contribution in [0.2, 0.25) is 0 Å². The first-order valence-electron chi connectivity index (χ1n) is 8.96. The first-order valence-corrected chi connectivity index (χ1v) is 8.96. The van der Waals surface area contributed by atoms with Crippen molar-refractivity contribution < 1.29 is 14.7 Å². The summed E-state index contributed by atoms with van der Waals surface area (Å²) in [5.41, 5.74) is 0.310. The number of hydrogen-bond acceptors (Lipinski definition) is 4. The number of urea groups is 1. The fraction of sp³-hybridized carbons (Fsp3) is 0.556. The fourth-order valence-corrected chi connectivity index (χ4v) is 3.38. The van der Waals surface area contributed by atoms with Crippen molar-refractivity contribution in [3.63, 3.8) is 0 Å². The molecular formula is C18H26N4O3. The molecule has 2 aliphatic heterocycles. The van der Waals surface area contributed by atoms with E-state index in [0.29, 0.717) is 44.2 Å². The Morgan fingerprint density at radius 2 is 1.88 bits per heavy atom. The van der Waals surface area contributed by atoms with Gasteiger partial charge in [0.05, 0.1) is 5.56 Å². The van der Waals surface area contributed by atoms with Crippen molar-refractivity contribution in [1.29, 1.82) is 0 Å². The van der Waals surface area contributed by atoms with E-state index in [1.54, 1.807) is 28.0 Å². The number of phenols is 1. The van der Waals surface area contributed by atoms with Crippen molar-refractivity contribution in [3.05, 3.63) is 29.8 Å². The van der Waals surface area contributed by atoms with Crippen LogP contribution in [0.4, 0.5) is 4.79 Å². The van der Waals surface area contributed by atoms with Crippen LogP contribution in [0.25, 0.3) is 0 Å². The fourth-order valence-electron chi connectivity index (χ4n) is 3.38. The Labute approximate surface area is 148 Å². The van der Waals surface area contributed by atoms with Crippen LogP contribution < -0.4 is 10.6 Å². The average Bonchev–Trinajstić information content (AvgIpc) is 2.67. The molecule has 1 aromatic carbocycles. The molecule has 1 atom stereocenters. The van der Waals surface area contributed by atoms with E-state index in [-0.39, 0.29) is 17.7 Å². The monoisotopic (exact) mass is 346 g/mol. The Hall–Kier alpha value is -2.28. The molecule has 2 saturated heterocycles. The number of hydrogen-bond donors (Lipinski definition) is 3. The molecule has 3 amide bonds. The summed E-state index contributed by atoms with van der Waals surface area (Å²) in [4.78, 5) is 28.2. The van der Waals surface area contributed by atoms with Crippen LogP contribution in [0.5, 0.6) is 5.75 Å². The Balaban J connectivity index is 1.45. The summed E-state index contributed by atoms with van der Waals surface area (Å²) in [6.07, 6.45) is 2.31. The Kier molecular flexibility index (Phi) is 5.75. The van der Waals surface area contributed by atoms with Gasteiger partial charge in [0, 0.05) is 32.7 Å². The summed E-state index contributed by atoms with van der Waals surface area (Å²) in [6.45, 7) is 4.70. The summed E-state index contributed by atoms with van der Waals surface area (Å²) in [7, 11) is 0. The van der Waals surface area contributed by atoms with Gasteiger partial charge in [0.1, 0.15) is 5.75 Å². The SMILES string of the molecule is O=C(NCC1CCCNC1)N1CCN(C(=O)c2ccccc2O)CC1. The number of benzene rings is 1. The lowest BCUT2D eigenvalue weighted by Gasteiger charge is -2.35. The summed E-state index contributed by atoms with van der Waals surface area (Å²) in [5.74, 6) is 0.307. The van der Waals surface area contributed by atoms with E-state index >= 15 is 0 Å². The molecule has 7 nitrogen and oxygen atoms in total. The molecule has 0 bridgehead atoms. The van der Waals surface area contributed by atoms with Crippen LogP contribution in [0, 0.1) is 5.92 Å². The third kappa shape index (κ3) is 4.42. The summed E-state index contributed by atoms with van der Waals surface area (Å²) in [6, 6.07) is 6.50. The zero-order chi connectivity index (χ0) is 17.6. The molecule has 0 aliphatic carbocycles. The number of carbonyl (C=O) groups is 2. The first-order chi connectivity index (χ1) is 12.1. The Morgan fingerprint density at radius 3 is 2.56 bits per heavy atom. The van der Waals surface area contributed by atoms with Crippen molar-refractivity contribution in [2.24, 2.45) is 5.92 Å². The van der Waals surface area contributed by atoms with Crippen molar-refractivity contribution in [1.82, 2.24) is 20.4 Å². The van der Waals surface area contributed by atoms with Crippen LogP contribution in [-0.2, 0) is 0 Å². The second kappa shape index (κ2) is 8.20. The van der Waals surface area contributed by atoms with Crippen molar-refractivity contribution in [3.8, 4) is 5.75 Å². The molecule has 2 aliphatic rings. The molecule has 1 unspecified atom stereocenters. The van der Waals surface area contributed by atoms with Crippen LogP contribution in [0.3, 0.4) is 0 Å². The number of para-hydroxylation sites is 1. The van der Waals surface area contributed by atoms with Crippen molar-refractivity contribution in [2.45, 2.75) is 12.8 Å². The largest absolute Gasteiger partial charge is 0.507 e. The number of phenolic OH excluding ortho intramolecular Hbond substituents is 1. The van der Waals surface area contributed by atoms with E-state index in [2.05, 4.69) is 10.6 Å². The number of carbonyl (C=O) groups excluding carboxylic acids is 2. The molecule has 0 saturated carbocycles. The lowest BCUT2D eigenvalue weighted by molar-refractivity contribution is 0.0661. The van der Waals surface area contributed by atoms with Gasteiger partial charge in [0.15, 0.2) is 0 Å². The van der Waals surface area contributed by atoms with E-state index < -0.39 is 0 Å². The van der Waals surface area contributed by atoms with Crippen molar-refractivity contribution >= 4 is 11.9 Å². The van der Waals surface area contributed by atoms with Gasteiger partial charge in [-0.2, -0.15) is 0 Å². The van der Waals surface area contributed by atoms with Crippen LogP contribution >= 0.6 is 0 Å². The third-order valence-corrected chi connectivity index (χ3v) is 4.93. The summed E-state index contributed by atoms with van der Waals surface area (Å²) >= 11 is 0. The highest BCUT2D eigenvalue weighted by Gasteiger charge is 2.26. The molecule has 0 radical (unpaired) electrons. The number of rotatable bonds is 3. The lowest BCUT2D eigenvalue weighted by atomic mass is 10.00. The van der Waals surface area contributed by atoms with Gasteiger partial charge >= 0.3 is 6.03 Å². The van der Waals surface area contributed by atoms with E-state index in [1.165, 1.54) is 6.07 Å². The van der Waals surface area contributed by atoms with Gasteiger partial charge in [-0.3, -0.25) is 4.79 Å². The Bertz CT molecular complexity index is 608. The van der Waals surface area contributed by atoms with Gasteiger partial charge in [0.2, 0.25) is 0 Å². The highest BCUT2D eigenvalue weighted by Crippen LogP contribution is 2.18.